The molecule has 2 aliphatic heterocycles. The van der Waals surface area contributed by atoms with Crippen molar-refractivity contribution in [1.82, 2.24) is 0 Å². The van der Waals surface area contributed by atoms with Crippen molar-refractivity contribution < 1.29 is 9.47 Å². The Hall–Kier alpha value is -3.32. The normalized spacial score (nSPS) is 19.3. The molecule has 226 valence electrons. The van der Waals surface area contributed by atoms with Crippen molar-refractivity contribution in [2.24, 2.45) is 21.8 Å². The minimum Gasteiger partial charge on any atom is -0.475 e. The summed E-state index contributed by atoms with van der Waals surface area (Å²) in [5.74, 6) is 2.51. The van der Waals surface area contributed by atoms with Crippen molar-refractivity contribution in [2.75, 3.05) is 25.5 Å². The number of hydrogen-bond acceptors (Lipinski definition) is 4. The van der Waals surface area contributed by atoms with E-state index in [9.17, 15) is 0 Å². The molecule has 2 heterocycles. The van der Waals surface area contributed by atoms with Gasteiger partial charge in [-0.3, -0.25) is 0 Å². The molecule has 0 fully saturated rings. The van der Waals surface area contributed by atoms with Gasteiger partial charge in [-0.2, -0.15) is 0 Å². The van der Waals surface area contributed by atoms with Gasteiger partial charge in [0, 0.05) is 11.1 Å². The average Bonchev–Trinajstić information content (AvgIpc) is 3.76. The molecule has 6 rings (SSSR count). The summed E-state index contributed by atoms with van der Waals surface area (Å²) < 4.78 is 12.5. The molecule has 0 N–H and O–H groups in total. The van der Waals surface area contributed by atoms with Crippen LogP contribution in [0.3, 0.4) is 0 Å². The number of hydrogen-bond donors (Lipinski definition) is 0. The maximum absolute atomic E-state index is 6.24. The van der Waals surface area contributed by atoms with Crippen LogP contribution in [0.1, 0.15) is 38.8 Å². The van der Waals surface area contributed by atoms with E-state index in [-0.39, 0.29) is 12.1 Å². The van der Waals surface area contributed by atoms with Crippen LogP contribution < -0.4 is 21.2 Å². The fourth-order valence-corrected chi connectivity index (χ4v) is 11.4. The van der Waals surface area contributed by atoms with E-state index in [2.05, 4.69) is 137 Å². The molecule has 0 aromatic heterocycles. The average molecular weight is 621 g/mol. The van der Waals surface area contributed by atoms with E-state index in [0.29, 0.717) is 25.0 Å². The lowest BCUT2D eigenvalue weighted by Crippen LogP contribution is -2.25. The Morgan fingerprint density at radius 3 is 1.27 bits per heavy atom. The summed E-state index contributed by atoms with van der Waals surface area (Å²) in [6.45, 7) is 10.2. The van der Waals surface area contributed by atoms with Crippen LogP contribution in [0, 0.1) is 11.8 Å². The molecular weight excluding hydrogens is 578 g/mol. The Kier molecular flexibility index (Phi) is 9.90. The maximum Gasteiger partial charge on any atom is 0.217 e. The zero-order valence-corrected chi connectivity index (χ0v) is 27.9. The first-order valence-electron chi connectivity index (χ1n) is 15.7. The summed E-state index contributed by atoms with van der Waals surface area (Å²) in [4.78, 5) is 10.1. The van der Waals surface area contributed by atoms with Gasteiger partial charge in [-0.25, -0.2) is 9.98 Å². The largest absolute Gasteiger partial charge is 0.475 e. The third kappa shape index (κ3) is 6.83. The van der Waals surface area contributed by atoms with E-state index in [1.807, 2.05) is 0 Å². The second-order valence-corrected chi connectivity index (χ2v) is 16.7. The number of ether oxygens (including phenoxy) is 2. The first kappa shape index (κ1) is 30.7. The minimum atomic E-state index is -0.672. The van der Waals surface area contributed by atoms with E-state index in [0.717, 1.165) is 35.2 Å². The Balaban J connectivity index is 1.39. The standard InChI is InChI=1S/C38H42N2O2P2/c1-27(2)33-25-41-37(39-33)31-19-11-13-21-35(31)43(29-15-7-5-8-16-29)23-24-44(30-17-9-6-10-18-30)36-22-14-12-20-32(36)38-40-34(26-42-38)28(3)4/h5-22,27-28,33-34H,23-26H2,1-4H3/t33-,34-,43?,44?/m1/s1. The van der Waals surface area contributed by atoms with E-state index in [1.165, 1.54) is 21.2 Å². The number of rotatable bonds is 11. The van der Waals surface area contributed by atoms with E-state index >= 15 is 0 Å². The molecule has 2 unspecified atom stereocenters. The number of nitrogens with zero attached hydrogens (tertiary/aromatic N) is 2. The highest BCUT2D eigenvalue weighted by molar-refractivity contribution is 7.76. The van der Waals surface area contributed by atoms with E-state index in [4.69, 9.17) is 19.5 Å². The highest BCUT2D eigenvalue weighted by Crippen LogP contribution is 2.43. The minimum absolute atomic E-state index is 0.208. The van der Waals surface area contributed by atoms with Crippen LogP contribution in [-0.4, -0.2) is 49.4 Å². The summed E-state index contributed by atoms with van der Waals surface area (Å²) in [5.41, 5.74) is 2.28. The fraction of sp³-hybridized carbons (Fsp3) is 0.316. The van der Waals surface area contributed by atoms with Crippen molar-refractivity contribution >= 4 is 48.9 Å². The molecule has 0 spiro atoms. The van der Waals surface area contributed by atoms with Crippen LogP contribution in [0.4, 0.5) is 0 Å². The highest BCUT2D eigenvalue weighted by atomic mass is 31.1. The monoisotopic (exact) mass is 620 g/mol. The van der Waals surface area contributed by atoms with Gasteiger partial charge in [0.25, 0.3) is 0 Å². The second-order valence-electron chi connectivity index (χ2n) is 12.1. The summed E-state index contributed by atoms with van der Waals surface area (Å²) in [7, 11) is -1.34. The predicted molar refractivity (Wildman–Crippen MR) is 190 cm³/mol. The molecule has 4 nitrogen and oxygen atoms in total. The number of aliphatic imine (C=N–C) groups is 2. The van der Waals surface area contributed by atoms with Crippen LogP contribution >= 0.6 is 15.8 Å². The first-order chi connectivity index (χ1) is 21.5. The van der Waals surface area contributed by atoms with E-state index < -0.39 is 15.8 Å². The lowest BCUT2D eigenvalue weighted by atomic mass is 10.1. The lowest BCUT2D eigenvalue weighted by Gasteiger charge is -2.26. The molecule has 44 heavy (non-hydrogen) atoms. The number of benzene rings is 4. The Morgan fingerprint density at radius 2 is 0.909 bits per heavy atom. The fourth-order valence-electron chi connectivity index (χ4n) is 5.73. The van der Waals surface area contributed by atoms with Gasteiger partial charge < -0.3 is 9.47 Å². The van der Waals surface area contributed by atoms with Crippen LogP contribution in [0.25, 0.3) is 0 Å². The molecule has 0 bridgehead atoms. The molecule has 4 aromatic rings. The summed E-state index contributed by atoms with van der Waals surface area (Å²) >= 11 is 0. The van der Waals surface area contributed by atoms with Crippen LogP contribution in [-0.2, 0) is 9.47 Å². The van der Waals surface area contributed by atoms with Gasteiger partial charge >= 0.3 is 0 Å². The Labute approximate surface area is 265 Å². The van der Waals surface area contributed by atoms with E-state index in [1.54, 1.807) is 0 Å². The van der Waals surface area contributed by atoms with Gasteiger partial charge in [0.15, 0.2) is 0 Å². The maximum atomic E-state index is 6.24. The molecule has 0 radical (unpaired) electrons. The van der Waals surface area contributed by atoms with Crippen molar-refractivity contribution in [2.45, 2.75) is 39.8 Å². The summed E-state index contributed by atoms with van der Waals surface area (Å²) in [5, 5.41) is 5.45. The summed E-state index contributed by atoms with van der Waals surface area (Å²) in [6.07, 6.45) is 2.10. The Bertz CT molecular complexity index is 1480. The highest BCUT2D eigenvalue weighted by Gasteiger charge is 2.30. The molecular formula is C38H42N2O2P2. The SMILES string of the molecule is CC(C)[C@H]1COC(c2ccccc2P(CCP(c2ccccc2)c2ccccc2C2=N[C@@H](C(C)C)CO2)c2ccccc2)=N1. The zero-order valence-electron chi connectivity index (χ0n) is 26.1. The van der Waals surface area contributed by atoms with Gasteiger partial charge in [-0.05, 0) is 73.4 Å². The van der Waals surface area contributed by atoms with Gasteiger partial charge in [-0.15, -0.1) is 0 Å². The van der Waals surface area contributed by atoms with Gasteiger partial charge in [0.2, 0.25) is 11.8 Å². The van der Waals surface area contributed by atoms with Crippen LogP contribution in [0.15, 0.2) is 119 Å². The quantitative estimate of drug-likeness (QED) is 0.172. The van der Waals surface area contributed by atoms with Crippen LogP contribution in [0.5, 0.6) is 0 Å². The van der Waals surface area contributed by atoms with Gasteiger partial charge in [0.05, 0.1) is 12.1 Å². The summed E-state index contributed by atoms with van der Waals surface area (Å²) in [6, 6.07) is 40.1. The molecule has 0 amide bonds. The third-order valence-corrected chi connectivity index (χ3v) is 13.9. The first-order valence-corrected chi connectivity index (χ1v) is 18.8. The van der Waals surface area contributed by atoms with Crippen molar-refractivity contribution in [3.63, 3.8) is 0 Å². The van der Waals surface area contributed by atoms with Crippen molar-refractivity contribution in [1.29, 1.82) is 0 Å². The Morgan fingerprint density at radius 1 is 0.545 bits per heavy atom. The van der Waals surface area contributed by atoms with Crippen molar-refractivity contribution in [3.8, 4) is 0 Å². The van der Waals surface area contributed by atoms with Crippen molar-refractivity contribution in [3.05, 3.63) is 120 Å². The topological polar surface area (TPSA) is 43.2 Å². The predicted octanol–water partition coefficient (Wildman–Crippen LogP) is 6.86. The molecule has 4 atom stereocenters. The third-order valence-electron chi connectivity index (χ3n) is 8.42. The zero-order chi connectivity index (χ0) is 30.5. The van der Waals surface area contributed by atoms with Crippen LogP contribution in [0.2, 0.25) is 0 Å². The molecule has 2 aliphatic rings. The lowest BCUT2D eigenvalue weighted by molar-refractivity contribution is 0.292. The smallest absolute Gasteiger partial charge is 0.217 e. The molecule has 0 aliphatic carbocycles. The molecule has 4 aromatic carbocycles. The molecule has 0 saturated carbocycles. The van der Waals surface area contributed by atoms with Gasteiger partial charge in [0.1, 0.15) is 13.2 Å². The molecule has 0 saturated heterocycles. The second kappa shape index (κ2) is 14.2. The molecule has 6 heteroatoms. The van der Waals surface area contributed by atoms with Gasteiger partial charge in [-0.1, -0.05) is 125 Å².